The van der Waals surface area contributed by atoms with Gasteiger partial charge in [-0.1, -0.05) is 17.4 Å². The lowest BCUT2D eigenvalue weighted by atomic mass is 10.00. The number of carbonyl (C=O) groups is 2. The van der Waals surface area contributed by atoms with Crippen LogP contribution in [0.15, 0.2) is 18.2 Å². The molecule has 0 bridgehead atoms. The van der Waals surface area contributed by atoms with Gasteiger partial charge in [0, 0.05) is 39.1 Å². The number of ether oxygens (including phenoxy) is 1. The molecule has 0 spiro atoms. The minimum absolute atomic E-state index is 0.00678. The first-order chi connectivity index (χ1) is 13.2. The van der Waals surface area contributed by atoms with Gasteiger partial charge in [0.2, 0.25) is 11.8 Å². The number of anilines is 1. The topological polar surface area (TPSA) is 74.8 Å². The summed E-state index contributed by atoms with van der Waals surface area (Å²) in [6.45, 7) is 3.61. The van der Waals surface area contributed by atoms with Crippen LogP contribution in [0.4, 0.5) is 5.13 Å². The van der Waals surface area contributed by atoms with E-state index in [1.807, 2.05) is 23.1 Å². The van der Waals surface area contributed by atoms with Crippen molar-refractivity contribution >= 4 is 38.5 Å². The first kappa shape index (κ1) is 18.0. The molecule has 0 aliphatic carbocycles. The third-order valence-corrected chi connectivity index (χ3v) is 6.27. The van der Waals surface area contributed by atoms with Crippen molar-refractivity contribution in [3.63, 3.8) is 0 Å². The molecule has 3 heterocycles. The third-order valence-electron chi connectivity index (χ3n) is 5.19. The fourth-order valence-corrected chi connectivity index (χ4v) is 4.58. The summed E-state index contributed by atoms with van der Waals surface area (Å²) in [5.74, 6) is 1.12. The number of thiazole rings is 1. The van der Waals surface area contributed by atoms with Gasteiger partial charge in [-0.05, 0) is 25.0 Å². The van der Waals surface area contributed by atoms with Gasteiger partial charge in [0.1, 0.15) is 11.3 Å². The highest BCUT2D eigenvalue weighted by Gasteiger charge is 2.34. The summed E-state index contributed by atoms with van der Waals surface area (Å²) in [4.78, 5) is 32.5. The van der Waals surface area contributed by atoms with Crippen molar-refractivity contribution < 1.29 is 14.3 Å². The number of hydrogen-bond donors (Lipinski definition) is 1. The number of amides is 2. The molecule has 2 amide bonds. The van der Waals surface area contributed by atoms with Crippen LogP contribution in [0, 0.1) is 5.92 Å². The number of fused-ring (bicyclic) bond motifs is 1. The summed E-state index contributed by atoms with van der Waals surface area (Å²) < 4.78 is 6.46. The van der Waals surface area contributed by atoms with E-state index in [1.54, 1.807) is 18.4 Å². The molecule has 8 heteroatoms. The van der Waals surface area contributed by atoms with Crippen LogP contribution < -0.4 is 15.0 Å². The molecule has 2 aliphatic heterocycles. The molecule has 2 aromatic rings. The molecule has 0 unspecified atom stereocenters. The standard InChI is InChI=1S/C19H24N4O3S/c1-26-14-5-2-6-15-17(14)21-19(27-15)23-11-13(12-23)18(25)20-8-4-10-22-9-3-7-16(22)24/h2,5-6,13H,3-4,7-12H2,1H3,(H,20,25). The molecule has 1 N–H and O–H groups in total. The van der Waals surface area contributed by atoms with Crippen molar-refractivity contribution in [3.8, 4) is 5.75 Å². The number of methoxy groups -OCH3 is 1. The van der Waals surface area contributed by atoms with Crippen LogP contribution in [0.5, 0.6) is 5.75 Å². The van der Waals surface area contributed by atoms with Gasteiger partial charge in [0.25, 0.3) is 0 Å². The van der Waals surface area contributed by atoms with E-state index in [4.69, 9.17) is 4.74 Å². The Balaban J connectivity index is 1.23. The van der Waals surface area contributed by atoms with E-state index < -0.39 is 0 Å². The quantitative estimate of drug-likeness (QED) is 0.733. The van der Waals surface area contributed by atoms with Crippen molar-refractivity contribution in [2.45, 2.75) is 19.3 Å². The summed E-state index contributed by atoms with van der Waals surface area (Å²) in [6.07, 6.45) is 2.44. The first-order valence-corrected chi connectivity index (χ1v) is 10.2. The molecule has 1 aromatic carbocycles. The number of nitrogens with one attached hydrogen (secondary N) is 1. The fraction of sp³-hybridized carbons (Fsp3) is 0.526. The van der Waals surface area contributed by atoms with E-state index in [-0.39, 0.29) is 17.7 Å². The van der Waals surface area contributed by atoms with Crippen LogP contribution in [0.2, 0.25) is 0 Å². The molecule has 27 heavy (non-hydrogen) atoms. The number of likely N-dealkylation sites (tertiary alicyclic amines) is 1. The van der Waals surface area contributed by atoms with Crippen LogP contribution >= 0.6 is 11.3 Å². The predicted molar refractivity (Wildman–Crippen MR) is 105 cm³/mol. The van der Waals surface area contributed by atoms with Crippen LogP contribution in [0.1, 0.15) is 19.3 Å². The molecule has 0 radical (unpaired) electrons. The zero-order valence-corrected chi connectivity index (χ0v) is 16.3. The molecule has 0 saturated carbocycles. The zero-order valence-electron chi connectivity index (χ0n) is 15.4. The van der Waals surface area contributed by atoms with Gasteiger partial charge < -0.3 is 19.9 Å². The summed E-state index contributed by atoms with van der Waals surface area (Å²) >= 11 is 1.63. The van der Waals surface area contributed by atoms with Crippen molar-refractivity contribution in [3.05, 3.63) is 18.2 Å². The highest BCUT2D eigenvalue weighted by Crippen LogP contribution is 2.36. The Morgan fingerprint density at radius 1 is 1.41 bits per heavy atom. The van der Waals surface area contributed by atoms with Gasteiger partial charge in [-0.15, -0.1) is 0 Å². The predicted octanol–water partition coefficient (Wildman–Crippen LogP) is 1.87. The van der Waals surface area contributed by atoms with E-state index in [1.165, 1.54) is 0 Å². The van der Waals surface area contributed by atoms with E-state index in [0.717, 1.165) is 47.0 Å². The molecule has 7 nitrogen and oxygen atoms in total. The Morgan fingerprint density at radius 2 is 2.26 bits per heavy atom. The summed E-state index contributed by atoms with van der Waals surface area (Å²) in [5, 5.41) is 3.94. The summed E-state index contributed by atoms with van der Waals surface area (Å²) in [6, 6.07) is 5.91. The van der Waals surface area contributed by atoms with E-state index in [0.29, 0.717) is 26.1 Å². The van der Waals surface area contributed by atoms with Crippen LogP contribution in [-0.4, -0.2) is 61.5 Å². The molecule has 0 atom stereocenters. The number of para-hydroxylation sites is 1. The summed E-state index contributed by atoms with van der Waals surface area (Å²) in [5.41, 5.74) is 0.879. The second kappa shape index (κ2) is 7.72. The lowest BCUT2D eigenvalue weighted by Gasteiger charge is -2.38. The van der Waals surface area contributed by atoms with Crippen molar-refractivity contribution in [1.29, 1.82) is 0 Å². The highest BCUT2D eigenvalue weighted by atomic mass is 32.1. The van der Waals surface area contributed by atoms with Gasteiger partial charge in [0.05, 0.1) is 17.7 Å². The van der Waals surface area contributed by atoms with Gasteiger partial charge >= 0.3 is 0 Å². The Bertz CT molecular complexity index is 847. The largest absolute Gasteiger partial charge is 0.494 e. The third kappa shape index (κ3) is 3.71. The SMILES string of the molecule is COc1cccc2sc(N3CC(C(=O)NCCCN4CCCC4=O)C3)nc12. The Kier molecular flexibility index (Phi) is 5.15. The molecule has 2 saturated heterocycles. The van der Waals surface area contributed by atoms with Gasteiger partial charge in [0.15, 0.2) is 5.13 Å². The van der Waals surface area contributed by atoms with Gasteiger partial charge in [-0.2, -0.15) is 0 Å². The number of nitrogens with zero attached hydrogens (tertiary/aromatic N) is 3. The number of aromatic nitrogens is 1. The zero-order chi connectivity index (χ0) is 18.8. The minimum atomic E-state index is 0.00678. The van der Waals surface area contributed by atoms with E-state index in [9.17, 15) is 9.59 Å². The van der Waals surface area contributed by atoms with Crippen LogP contribution in [-0.2, 0) is 9.59 Å². The monoisotopic (exact) mass is 388 g/mol. The van der Waals surface area contributed by atoms with Gasteiger partial charge in [-0.3, -0.25) is 9.59 Å². The maximum Gasteiger partial charge on any atom is 0.226 e. The van der Waals surface area contributed by atoms with Crippen molar-refractivity contribution in [2.75, 3.05) is 44.7 Å². The molecule has 4 rings (SSSR count). The first-order valence-electron chi connectivity index (χ1n) is 9.39. The molecule has 144 valence electrons. The lowest BCUT2D eigenvalue weighted by Crippen LogP contribution is -2.54. The number of carbonyl (C=O) groups excluding carboxylic acids is 2. The number of rotatable bonds is 7. The second-order valence-corrected chi connectivity index (χ2v) is 8.04. The average Bonchev–Trinajstić information content (AvgIpc) is 3.23. The molecule has 1 aromatic heterocycles. The average molecular weight is 388 g/mol. The smallest absolute Gasteiger partial charge is 0.226 e. The van der Waals surface area contributed by atoms with Crippen LogP contribution in [0.25, 0.3) is 10.2 Å². The maximum atomic E-state index is 12.3. The Morgan fingerprint density at radius 3 is 3.00 bits per heavy atom. The number of hydrogen-bond acceptors (Lipinski definition) is 6. The Labute approximate surface area is 162 Å². The highest BCUT2D eigenvalue weighted by molar-refractivity contribution is 7.22. The van der Waals surface area contributed by atoms with E-state index >= 15 is 0 Å². The fourth-order valence-electron chi connectivity index (χ4n) is 3.58. The Hall–Kier alpha value is -2.35. The second-order valence-electron chi connectivity index (χ2n) is 7.03. The van der Waals surface area contributed by atoms with Crippen molar-refractivity contribution in [1.82, 2.24) is 15.2 Å². The van der Waals surface area contributed by atoms with Crippen molar-refractivity contribution in [2.24, 2.45) is 5.92 Å². The normalized spacial score (nSPS) is 17.4. The van der Waals surface area contributed by atoms with E-state index in [2.05, 4.69) is 15.2 Å². The number of benzene rings is 1. The molecular formula is C19H24N4O3S. The lowest BCUT2D eigenvalue weighted by molar-refractivity contribution is -0.127. The molecule has 2 fully saturated rings. The molecule has 2 aliphatic rings. The van der Waals surface area contributed by atoms with Gasteiger partial charge in [-0.25, -0.2) is 4.98 Å². The minimum Gasteiger partial charge on any atom is -0.494 e. The molecular weight excluding hydrogens is 364 g/mol. The maximum absolute atomic E-state index is 12.3. The van der Waals surface area contributed by atoms with Crippen LogP contribution in [0.3, 0.4) is 0 Å². The summed E-state index contributed by atoms with van der Waals surface area (Å²) in [7, 11) is 1.65.